The molecule has 17 heavy (non-hydrogen) atoms. The van der Waals surface area contributed by atoms with Crippen molar-refractivity contribution < 1.29 is 4.79 Å². The van der Waals surface area contributed by atoms with Crippen LogP contribution in [0.25, 0.3) is 0 Å². The van der Waals surface area contributed by atoms with E-state index in [9.17, 15) is 4.79 Å². The quantitative estimate of drug-likeness (QED) is 0.878. The summed E-state index contributed by atoms with van der Waals surface area (Å²) in [6.45, 7) is 3.83. The highest BCUT2D eigenvalue weighted by atomic mass is 35.5. The smallest absolute Gasteiger partial charge is 0.220 e. The number of nitrogens with two attached hydrogens (primary N) is 1. The van der Waals surface area contributed by atoms with Gasteiger partial charge in [-0.1, -0.05) is 11.6 Å². The van der Waals surface area contributed by atoms with Gasteiger partial charge < -0.3 is 10.6 Å². The lowest BCUT2D eigenvalue weighted by Crippen LogP contribution is -2.38. The summed E-state index contributed by atoms with van der Waals surface area (Å²) in [5.41, 5.74) is 7.71. The lowest BCUT2D eigenvalue weighted by atomic mass is 9.95. The van der Waals surface area contributed by atoms with Crippen LogP contribution in [0.2, 0.25) is 5.02 Å². The molecule has 1 aliphatic heterocycles. The van der Waals surface area contributed by atoms with Gasteiger partial charge in [-0.3, -0.25) is 4.79 Å². The summed E-state index contributed by atoms with van der Waals surface area (Å²) in [7, 11) is 0. The van der Waals surface area contributed by atoms with E-state index >= 15 is 0 Å². The molecule has 2 rings (SSSR count). The third kappa shape index (κ3) is 2.72. The summed E-state index contributed by atoms with van der Waals surface area (Å²) in [5, 5.41) is 0.762. The molecule has 0 aliphatic carbocycles. The first kappa shape index (κ1) is 12.2. The predicted molar refractivity (Wildman–Crippen MR) is 70.3 cm³/mol. The Bertz CT molecular complexity index is 425. The molecule has 1 aromatic carbocycles. The van der Waals surface area contributed by atoms with E-state index in [0.717, 1.165) is 31.0 Å². The van der Waals surface area contributed by atoms with Gasteiger partial charge in [0.2, 0.25) is 5.91 Å². The summed E-state index contributed by atoms with van der Waals surface area (Å²) in [5.74, 6) is -0.128. The van der Waals surface area contributed by atoms with Gasteiger partial charge in [0.15, 0.2) is 0 Å². The number of hydrogen-bond donors (Lipinski definition) is 1. The molecule has 1 saturated heterocycles. The van der Waals surface area contributed by atoms with Gasteiger partial charge in [0.05, 0.1) is 0 Å². The number of benzene rings is 1. The van der Waals surface area contributed by atoms with E-state index in [1.165, 1.54) is 11.3 Å². The molecule has 0 bridgehead atoms. The molecule has 0 unspecified atom stereocenters. The van der Waals surface area contributed by atoms with Crippen molar-refractivity contribution in [1.82, 2.24) is 0 Å². The lowest BCUT2D eigenvalue weighted by Gasteiger charge is -2.33. The zero-order valence-electron chi connectivity index (χ0n) is 9.95. The molecule has 4 heteroatoms. The maximum atomic E-state index is 11.1. The maximum absolute atomic E-state index is 11.1. The van der Waals surface area contributed by atoms with Crippen LogP contribution in [0.15, 0.2) is 18.2 Å². The number of carbonyl (C=O) groups is 1. The van der Waals surface area contributed by atoms with Crippen molar-refractivity contribution in [3.63, 3.8) is 0 Å². The van der Waals surface area contributed by atoms with Gasteiger partial charge in [0.1, 0.15) is 0 Å². The van der Waals surface area contributed by atoms with Crippen molar-refractivity contribution in [1.29, 1.82) is 0 Å². The van der Waals surface area contributed by atoms with Crippen LogP contribution in [0.3, 0.4) is 0 Å². The Morgan fingerprint density at radius 2 is 2.06 bits per heavy atom. The Morgan fingerprint density at radius 1 is 1.41 bits per heavy atom. The van der Waals surface area contributed by atoms with E-state index < -0.39 is 0 Å². The summed E-state index contributed by atoms with van der Waals surface area (Å²) < 4.78 is 0. The van der Waals surface area contributed by atoms with E-state index in [-0.39, 0.29) is 11.8 Å². The molecule has 1 aromatic rings. The third-order valence-corrected chi connectivity index (χ3v) is 3.63. The van der Waals surface area contributed by atoms with Gasteiger partial charge in [0.25, 0.3) is 0 Å². The van der Waals surface area contributed by atoms with Gasteiger partial charge in [0, 0.05) is 29.7 Å². The molecule has 2 N–H and O–H groups in total. The first-order valence-corrected chi connectivity index (χ1v) is 6.26. The number of aryl methyl sites for hydroxylation is 1. The van der Waals surface area contributed by atoms with Crippen LogP contribution in [0.5, 0.6) is 0 Å². The molecule has 0 radical (unpaired) electrons. The molecule has 1 amide bonds. The molecule has 0 spiro atoms. The zero-order chi connectivity index (χ0) is 12.4. The van der Waals surface area contributed by atoms with Crippen molar-refractivity contribution in [3.8, 4) is 0 Å². The molecule has 0 saturated carbocycles. The highest BCUT2D eigenvalue weighted by Crippen LogP contribution is 2.27. The molecule has 0 atom stereocenters. The van der Waals surface area contributed by atoms with Crippen LogP contribution in [0.1, 0.15) is 18.4 Å². The number of halogens is 1. The Balaban J connectivity index is 2.08. The topological polar surface area (TPSA) is 46.3 Å². The fraction of sp³-hybridized carbons (Fsp3) is 0.462. The Kier molecular flexibility index (Phi) is 3.57. The number of carbonyl (C=O) groups excluding carboxylic acids is 1. The van der Waals surface area contributed by atoms with Crippen LogP contribution in [0, 0.1) is 12.8 Å². The fourth-order valence-corrected chi connectivity index (χ4v) is 2.61. The molecule has 0 aromatic heterocycles. The van der Waals surface area contributed by atoms with E-state index in [4.69, 9.17) is 17.3 Å². The predicted octanol–water partition coefficient (Wildman–Crippen LogP) is 2.35. The lowest BCUT2D eigenvalue weighted by molar-refractivity contribution is -0.122. The number of amides is 1. The van der Waals surface area contributed by atoms with Gasteiger partial charge >= 0.3 is 0 Å². The van der Waals surface area contributed by atoms with E-state index in [2.05, 4.69) is 11.8 Å². The highest BCUT2D eigenvalue weighted by Gasteiger charge is 2.23. The largest absolute Gasteiger partial charge is 0.371 e. The molecular weight excluding hydrogens is 236 g/mol. The van der Waals surface area contributed by atoms with Crippen molar-refractivity contribution in [2.24, 2.45) is 11.7 Å². The number of nitrogens with zero attached hydrogens (tertiary/aromatic N) is 1. The molecule has 1 heterocycles. The van der Waals surface area contributed by atoms with E-state index in [1.54, 1.807) is 0 Å². The van der Waals surface area contributed by atoms with Crippen LogP contribution >= 0.6 is 11.6 Å². The van der Waals surface area contributed by atoms with Crippen LogP contribution in [-0.4, -0.2) is 19.0 Å². The van der Waals surface area contributed by atoms with Crippen molar-refractivity contribution in [3.05, 3.63) is 28.8 Å². The first-order valence-electron chi connectivity index (χ1n) is 5.88. The minimum absolute atomic E-state index is 0.0406. The SMILES string of the molecule is Cc1cc(Cl)ccc1N1CCC(C(N)=O)CC1. The molecule has 3 nitrogen and oxygen atoms in total. The average Bonchev–Trinajstić information content (AvgIpc) is 2.29. The second kappa shape index (κ2) is 4.96. The average molecular weight is 253 g/mol. The van der Waals surface area contributed by atoms with E-state index in [0.29, 0.717) is 0 Å². The number of rotatable bonds is 2. The standard InChI is InChI=1S/C13H17ClN2O/c1-9-8-11(14)2-3-12(9)16-6-4-10(5-7-16)13(15)17/h2-3,8,10H,4-7H2,1H3,(H2,15,17). The summed E-state index contributed by atoms with van der Waals surface area (Å²) in [6.07, 6.45) is 1.69. The van der Waals surface area contributed by atoms with E-state index in [1.807, 2.05) is 18.2 Å². The zero-order valence-corrected chi connectivity index (χ0v) is 10.7. The van der Waals surface area contributed by atoms with Crippen LogP contribution < -0.4 is 10.6 Å². The second-order valence-electron chi connectivity index (χ2n) is 4.59. The maximum Gasteiger partial charge on any atom is 0.220 e. The Morgan fingerprint density at radius 3 is 2.59 bits per heavy atom. The summed E-state index contributed by atoms with van der Waals surface area (Å²) >= 11 is 5.94. The molecule has 1 fully saturated rings. The van der Waals surface area contributed by atoms with Crippen LogP contribution in [-0.2, 0) is 4.79 Å². The van der Waals surface area contributed by atoms with Crippen molar-refractivity contribution in [2.75, 3.05) is 18.0 Å². The minimum atomic E-state index is -0.169. The molecular formula is C13H17ClN2O. The second-order valence-corrected chi connectivity index (χ2v) is 5.03. The number of hydrogen-bond acceptors (Lipinski definition) is 2. The monoisotopic (exact) mass is 252 g/mol. The van der Waals surface area contributed by atoms with Crippen molar-refractivity contribution in [2.45, 2.75) is 19.8 Å². The van der Waals surface area contributed by atoms with Crippen LogP contribution in [0.4, 0.5) is 5.69 Å². The number of primary amides is 1. The Hall–Kier alpha value is -1.22. The van der Waals surface area contributed by atoms with Crippen molar-refractivity contribution >= 4 is 23.2 Å². The first-order chi connectivity index (χ1) is 8.08. The normalized spacial score (nSPS) is 17.2. The number of piperidine rings is 1. The fourth-order valence-electron chi connectivity index (χ4n) is 2.38. The van der Waals surface area contributed by atoms with Gasteiger partial charge in [-0.15, -0.1) is 0 Å². The molecule has 1 aliphatic rings. The highest BCUT2D eigenvalue weighted by molar-refractivity contribution is 6.30. The molecule has 92 valence electrons. The van der Waals surface area contributed by atoms with Gasteiger partial charge in [-0.25, -0.2) is 0 Å². The third-order valence-electron chi connectivity index (χ3n) is 3.40. The minimum Gasteiger partial charge on any atom is -0.371 e. The number of anilines is 1. The van der Waals surface area contributed by atoms with Gasteiger partial charge in [-0.2, -0.15) is 0 Å². The summed E-state index contributed by atoms with van der Waals surface area (Å²) in [4.78, 5) is 13.4. The Labute approximate surface area is 107 Å². The van der Waals surface area contributed by atoms with Gasteiger partial charge in [-0.05, 0) is 43.5 Å². The summed E-state index contributed by atoms with van der Waals surface area (Å²) in [6, 6.07) is 5.92.